The van der Waals surface area contributed by atoms with Crippen molar-refractivity contribution in [3.8, 4) is 0 Å². The molecule has 1 aliphatic rings. The van der Waals surface area contributed by atoms with E-state index in [2.05, 4.69) is 13.8 Å². The first kappa shape index (κ1) is 11.3. The summed E-state index contributed by atoms with van der Waals surface area (Å²) in [5.74, 6) is 1.25. The van der Waals surface area contributed by atoms with Gasteiger partial charge in [-0.05, 0) is 12.3 Å². The molecule has 0 aliphatic carbocycles. The molecule has 0 aromatic heterocycles. The Hall–Kier alpha value is 0.250. The molecular weight excluding hydrogens is 184 g/mol. The van der Waals surface area contributed by atoms with Gasteiger partial charge in [0.05, 0.1) is 6.61 Å². The third kappa shape index (κ3) is 3.47. The second kappa shape index (κ2) is 5.87. The van der Waals surface area contributed by atoms with Crippen molar-refractivity contribution in [2.45, 2.75) is 51.5 Å². The fourth-order valence-electron chi connectivity index (χ4n) is 1.97. The fourth-order valence-corrected chi connectivity index (χ4v) is 2.42. The van der Waals surface area contributed by atoms with E-state index in [4.69, 9.17) is 16.3 Å². The normalized spacial score (nSPS) is 33.9. The molecule has 0 bridgehead atoms. The lowest BCUT2D eigenvalue weighted by Crippen LogP contribution is -2.13. The average molecular weight is 205 g/mol. The number of hydrogen-bond acceptors (Lipinski definition) is 1. The van der Waals surface area contributed by atoms with Gasteiger partial charge in [-0.25, -0.2) is 0 Å². The first-order chi connectivity index (χ1) is 6.25. The highest BCUT2D eigenvalue weighted by molar-refractivity contribution is 6.20. The van der Waals surface area contributed by atoms with Crippen molar-refractivity contribution in [3.05, 3.63) is 0 Å². The van der Waals surface area contributed by atoms with Crippen molar-refractivity contribution in [1.82, 2.24) is 0 Å². The molecule has 0 aromatic carbocycles. The molecule has 0 radical (unpaired) electrons. The lowest BCUT2D eigenvalue weighted by atomic mass is 9.92. The van der Waals surface area contributed by atoms with Crippen LogP contribution in [-0.2, 0) is 4.74 Å². The van der Waals surface area contributed by atoms with Crippen molar-refractivity contribution >= 4 is 11.6 Å². The van der Waals surface area contributed by atoms with Crippen molar-refractivity contribution in [1.29, 1.82) is 0 Å². The first-order valence-electron chi connectivity index (χ1n) is 5.51. The minimum Gasteiger partial charge on any atom is -0.362 e. The SMILES string of the molecule is CCCCCCC1C(C)COC1Cl. The van der Waals surface area contributed by atoms with Crippen molar-refractivity contribution < 1.29 is 4.74 Å². The van der Waals surface area contributed by atoms with Gasteiger partial charge in [0.25, 0.3) is 0 Å². The lowest BCUT2D eigenvalue weighted by molar-refractivity contribution is 0.149. The highest BCUT2D eigenvalue weighted by Gasteiger charge is 2.32. The topological polar surface area (TPSA) is 9.23 Å². The summed E-state index contributed by atoms with van der Waals surface area (Å²) in [4.78, 5) is 0. The second-order valence-corrected chi connectivity index (χ2v) is 4.61. The van der Waals surface area contributed by atoms with Crippen molar-refractivity contribution in [2.75, 3.05) is 6.61 Å². The van der Waals surface area contributed by atoms with Crippen LogP contribution in [0.4, 0.5) is 0 Å². The van der Waals surface area contributed by atoms with Crippen LogP contribution in [0, 0.1) is 11.8 Å². The summed E-state index contributed by atoms with van der Waals surface area (Å²) in [5, 5.41) is 0. The maximum absolute atomic E-state index is 6.06. The number of hydrogen-bond donors (Lipinski definition) is 0. The number of ether oxygens (including phenoxy) is 1. The van der Waals surface area contributed by atoms with E-state index >= 15 is 0 Å². The Morgan fingerprint density at radius 3 is 2.62 bits per heavy atom. The summed E-state index contributed by atoms with van der Waals surface area (Å²) < 4.78 is 5.40. The maximum Gasteiger partial charge on any atom is 0.134 e. The van der Waals surface area contributed by atoms with Gasteiger partial charge in [0.15, 0.2) is 0 Å². The smallest absolute Gasteiger partial charge is 0.134 e. The van der Waals surface area contributed by atoms with Gasteiger partial charge in [0.1, 0.15) is 5.56 Å². The van der Waals surface area contributed by atoms with Crippen LogP contribution in [0.5, 0.6) is 0 Å². The van der Waals surface area contributed by atoms with Gasteiger partial charge in [-0.2, -0.15) is 0 Å². The standard InChI is InChI=1S/C11H21ClO/c1-3-4-5-6-7-10-9(2)8-13-11(10)12/h9-11H,3-8H2,1-2H3. The molecule has 3 unspecified atom stereocenters. The summed E-state index contributed by atoms with van der Waals surface area (Å²) >= 11 is 6.06. The predicted octanol–water partition coefficient (Wildman–Crippen LogP) is 3.80. The van der Waals surface area contributed by atoms with E-state index in [0.717, 1.165) is 6.61 Å². The molecule has 0 N–H and O–H groups in total. The molecule has 0 aromatic rings. The first-order valence-corrected chi connectivity index (χ1v) is 5.95. The molecule has 1 nitrogen and oxygen atoms in total. The molecule has 0 spiro atoms. The number of alkyl halides is 1. The Kier molecular flexibility index (Phi) is 5.12. The summed E-state index contributed by atoms with van der Waals surface area (Å²) in [7, 11) is 0. The van der Waals surface area contributed by atoms with Gasteiger partial charge >= 0.3 is 0 Å². The van der Waals surface area contributed by atoms with Crippen LogP contribution >= 0.6 is 11.6 Å². The highest BCUT2D eigenvalue weighted by Crippen LogP contribution is 2.33. The summed E-state index contributed by atoms with van der Waals surface area (Å²) in [6, 6.07) is 0. The van der Waals surface area contributed by atoms with Crippen LogP contribution in [0.25, 0.3) is 0 Å². The molecular formula is C11H21ClO. The number of unbranched alkanes of at least 4 members (excludes halogenated alkanes) is 3. The van der Waals surface area contributed by atoms with Gasteiger partial charge in [0.2, 0.25) is 0 Å². The summed E-state index contributed by atoms with van der Waals surface area (Å²) in [5.41, 5.74) is -0.0170. The average Bonchev–Trinajstić information content (AvgIpc) is 2.42. The zero-order valence-corrected chi connectivity index (χ0v) is 9.52. The molecule has 78 valence electrons. The molecule has 1 fully saturated rings. The Morgan fingerprint density at radius 2 is 2.08 bits per heavy atom. The largest absolute Gasteiger partial charge is 0.362 e. The van der Waals surface area contributed by atoms with Gasteiger partial charge in [0, 0.05) is 5.92 Å². The van der Waals surface area contributed by atoms with Gasteiger partial charge in [-0.3, -0.25) is 0 Å². The van der Waals surface area contributed by atoms with Gasteiger partial charge < -0.3 is 4.74 Å². The van der Waals surface area contributed by atoms with Crippen LogP contribution in [0.2, 0.25) is 0 Å². The van der Waals surface area contributed by atoms with Crippen LogP contribution < -0.4 is 0 Å². The van der Waals surface area contributed by atoms with Crippen LogP contribution in [0.15, 0.2) is 0 Å². The van der Waals surface area contributed by atoms with E-state index in [9.17, 15) is 0 Å². The van der Waals surface area contributed by atoms with E-state index in [0.29, 0.717) is 11.8 Å². The monoisotopic (exact) mass is 204 g/mol. The Morgan fingerprint density at radius 1 is 1.31 bits per heavy atom. The fraction of sp³-hybridized carbons (Fsp3) is 1.00. The van der Waals surface area contributed by atoms with Crippen molar-refractivity contribution in [3.63, 3.8) is 0 Å². The molecule has 3 atom stereocenters. The predicted molar refractivity (Wildman–Crippen MR) is 57.0 cm³/mol. The van der Waals surface area contributed by atoms with Crippen molar-refractivity contribution in [2.24, 2.45) is 11.8 Å². The molecule has 13 heavy (non-hydrogen) atoms. The quantitative estimate of drug-likeness (QED) is 0.489. The van der Waals surface area contributed by atoms with E-state index in [1.54, 1.807) is 0 Å². The Labute approximate surface area is 86.8 Å². The second-order valence-electron chi connectivity index (χ2n) is 4.17. The van der Waals surface area contributed by atoms with Gasteiger partial charge in [-0.1, -0.05) is 51.1 Å². The number of rotatable bonds is 5. The van der Waals surface area contributed by atoms with Gasteiger partial charge in [-0.15, -0.1) is 0 Å². The zero-order chi connectivity index (χ0) is 9.68. The third-order valence-electron chi connectivity index (χ3n) is 2.98. The van der Waals surface area contributed by atoms with Crippen LogP contribution in [0.1, 0.15) is 46.0 Å². The molecule has 1 heterocycles. The molecule has 0 saturated carbocycles. The van der Waals surface area contributed by atoms with E-state index < -0.39 is 0 Å². The van der Waals surface area contributed by atoms with E-state index in [-0.39, 0.29) is 5.56 Å². The lowest BCUT2D eigenvalue weighted by Gasteiger charge is -2.15. The molecule has 0 amide bonds. The highest BCUT2D eigenvalue weighted by atomic mass is 35.5. The van der Waals surface area contributed by atoms with Crippen LogP contribution in [-0.4, -0.2) is 12.2 Å². The molecule has 1 rings (SSSR count). The van der Waals surface area contributed by atoms with Crippen LogP contribution in [0.3, 0.4) is 0 Å². The minimum absolute atomic E-state index is 0.0170. The summed E-state index contributed by atoms with van der Waals surface area (Å²) in [6.07, 6.45) is 6.57. The molecule has 1 aliphatic heterocycles. The Balaban J connectivity index is 2.12. The van der Waals surface area contributed by atoms with E-state index in [1.165, 1.54) is 32.1 Å². The maximum atomic E-state index is 6.06. The number of halogens is 1. The van der Waals surface area contributed by atoms with E-state index in [1.807, 2.05) is 0 Å². The zero-order valence-electron chi connectivity index (χ0n) is 8.76. The summed E-state index contributed by atoms with van der Waals surface area (Å²) in [6.45, 7) is 5.34. The third-order valence-corrected chi connectivity index (χ3v) is 3.43. The Bertz CT molecular complexity index is 128. The molecule has 1 saturated heterocycles. The molecule has 2 heteroatoms. The minimum atomic E-state index is -0.0170.